The molecule has 0 aliphatic rings. The van der Waals surface area contributed by atoms with Crippen LogP contribution in [-0.4, -0.2) is 67.1 Å². The zero-order valence-electron chi connectivity index (χ0n) is 65.0. The number of pyridine rings is 6. The van der Waals surface area contributed by atoms with Crippen molar-refractivity contribution in [1.82, 2.24) is 44.9 Å². The van der Waals surface area contributed by atoms with E-state index in [-0.39, 0.29) is 61.3 Å². The van der Waals surface area contributed by atoms with E-state index in [1.807, 2.05) is 170 Å². The first-order valence-corrected chi connectivity index (χ1v) is 37.8. The molecule has 124 heavy (non-hydrogen) atoms. The number of ether oxygens (including phenoxy) is 4. The van der Waals surface area contributed by atoms with Gasteiger partial charge in [-0.15, -0.1) is 0 Å². The van der Waals surface area contributed by atoms with Crippen molar-refractivity contribution in [3.05, 3.63) is 437 Å². The Bertz CT molecular complexity index is 6610. The largest absolute Gasteiger partial charge is 0.505 e. The quantitative estimate of drug-likeness (QED) is 0.0271. The van der Waals surface area contributed by atoms with Crippen LogP contribution in [0.4, 0.5) is 43.9 Å². The fraction of sp³-hybridized carbons (Fsp3) is 0.0515. The number of ketones is 1. The second-order valence-corrected chi connectivity index (χ2v) is 26.9. The summed E-state index contributed by atoms with van der Waals surface area (Å²) in [6.07, 6.45) is 18.8. The summed E-state index contributed by atoms with van der Waals surface area (Å²) >= 11 is 0. The number of aldehydes is 1. The molecule has 1 atom stereocenters. The van der Waals surface area contributed by atoms with Crippen LogP contribution in [0.2, 0.25) is 0 Å². The highest BCUT2D eigenvalue weighted by atomic mass is 19.2. The van der Waals surface area contributed by atoms with Crippen molar-refractivity contribution in [3.63, 3.8) is 0 Å². The molecule has 0 aliphatic carbocycles. The minimum absolute atomic E-state index is 0.0604. The van der Waals surface area contributed by atoms with Gasteiger partial charge >= 0.3 is 0 Å². The van der Waals surface area contributed by atoms with Crippen LogP contribution >= 0.6 is 0 Å². The molecule has 17 nitrogen and oxygen atoms in total. The maximum atomic E-state index is 15.3. The average molecular weight is 1680 g/mol. The minimum atomic E-state index is -1.56. The van der Waals surface area contributed by atoms with Gasteiger partial charge in [-0.3, -0.25) is 24.5 Å². The minimum Gasteiger partial charge on any atom is -0.505 e. The first-order valence-electron chi connectivity index (χ1n) is 37.8. The monoisotopic (exact) mass is 1680 g/mol. The highest BCUT2D eigenvalue weighted by Gasteiger charge is 2.28. The Morgan fingerprint density at radius 2 is 0.806 bits per heavy atom. The molecule has 0 fully saturated rings. The van der Waals surface area contributed by atoms with Crippen molar-refractivity contribution in [2.45, 2.75) is 32.5 Å². The van der Waals surface area contributed by atoms with Crippen molar-refractivity contribution in [1.29, 1.82) is 0 Å². The highest BCUT2D eigenvalue weighted by molar-refractivity contribution is 6.16. The summed E-state index contributed by atoms with van der Waals surface area (Å²) in [5.74, 6) is -10.3. The van der Waals surface area contributed by atoms with Crippen LogP contribution in [0.3, 0.4) is 0 Å². The number of aliphatic hydroxyl groups is 1. The summed E-state index contributed by atoms with van der Waals surface area (Å²) < 4.78 is 158. The molecular formula is C97H69F10N9O8. The number of nitrogens with zero attached hydrogens (tertiary/aromatic N) is 6. The summed E-state index contributed by atoms with van der Waals surface area (Å²) in [6, 6.07) is 68.5. The second-order valence-electron chi connectivity index (χ2n) is 26.9. The van der Waals surface area contributed by atoms with Crippen LogP contribution in [0, 0.1) is 58.2 Å². The number of carbonyl (C=O) groups excluding carboxylic acids is 2. The number of hydrogen-bond acceptors (Lipinski definition) is 14. The predicted octanol–water partition coefficient (Wildman–Crippen LogP) is 22.5. The molecule has 9 aromatic heterocycles. The van der Waals surface area contributed by atoms with Crippen molar-refractivity contribution in [2.24, 2.45) is 0 Å². The fourth-order valence-corrected chi connectivity index (χ4v) is 12.3. The third kappa shape index (κ3) is 22.1. The van der Waals surface area contributed by atoms with E-state index in [0.717, 1.165) is 103 Å². The van der Waals surface area contributed by atoms with Crippen LogP contribution < -0.4 is 18.9 Å². The number of carbonyl (C=O) groups is 2. The summed E-state index contributed by atoms with van der Waals surface area (Å²) in [5.41, 5.74) is 9.28. The Balaban J connectivity index is 0.000000134. The molecule has 0 amide bonds. The lowest BCUT2D eigenvalue weighted by Gasteiger charge is -2.16. The Morgan fingerprint density at radius 1 is 0.379 bits per heavy atom. The van der Waals surface area contributed by atoms with Crippen LogP contribution in [0.5, 0.6) is 28.7 Å². The topological polar surface area (TPSA) is 236 Å². The third-order valence-corrected chi connectivity index (χ3v) is 18.6. The van der Waals surface area contributed by atoms with Crippen molar-refractivity contribution < 1.29 is 82.7 Å². The van der Waals surface area contributed by atoms with E-state index in [1.54, 1.807) is 67.6 Å². The summed E-state index contributed by atoms with van der Waals surface area (Å²) in [5, 5.41) is 21.6. The van der Waals surface area contributed by atoms with E-state index < -0.39 is 92.5 Å². The molecule has 18 rings (SSSR count). The van der Waals surface area contributed by atoms with E-state index in [0.29, 0.717) is 33.7 Å². The lowest BCUT2D eigenvalue weighted by Crippen LogP contribution is -2.09. The number of aromatic hydroxyl groups is 1. The Kier molecular flexibility index (Phi) is 28.9. The number of benzene rings is 9. The molecule has 0 aliphatic heterocycles. The standard InChI is InChI=1S/C26H19F2N3O2.C26H17F2N3O2.C14H10F2O2.C13H10F2O.C12H9N3.C6H4F2O/c2*27-21-8-9-22(33-15-16-5-2-1-3-6-16)24(28)23(21)25(32)20-14-31-26-19(20)11-18(13-30-26)17-7-4-10-29-12-17;15-12-6-7-13(14(16)11(12)8-17)18-9-10-4-2-1-3-5-10;14-11-6-7-13(12(15)8-11)16-9-10-4-2-1-3-5-10;1-2-10(7-13-4-1)11-6-9-3-5-14-12(9)15-8-11;7-4-1-2-6(9)5(8)3-4/h1-14,25,32H,15H2,(H,30,31);1-14H,15H2,(H,30,31);1-8H,9H2;1-8H,9H2;1-8H,(H,14,15);1-3,9H. The summed E-state index contributed by atoms with van der Waals surface area (Å²) in [7, 11) is 0. The molecule has 9 heterocycles. The number of fused-ring (bicyclic) bond motifs is 3. The van der Waals surface area contributed by atoms with E-state index in [9.17, 15) is 49.8 Å². The SMILES string of the molecule is Fc1ccc(OCc2ccccc2)c(F)c1.O=C(c1c(F)ccc(OCc2ccccc2)c1F)c1c[nH]c2ncc(-c3cccnc3)cc12.O=Cc1c(F)ccc(OCc2ccccc2)c1F.OC(c1c(F)ccc(OCc2ccccc2)c1F)c1c[nH]c2ncc(-c3cccnc3)cc12.Oc1ccc(F)cc1F.c1cncc(-c2cnc3[nH]ccc3c2)c1. The first-order chi connectivity index (χ1) is 60.3. The molecule has 9 aromatic carbocycles. The van der Waals surface area contributed by atoms with Crippen LogP contribution in [-0.2, 0) is 26.4 Å². The first kappa shape index (κ1) is 86.0. The molecule has 0 saturated heterocycles. The van der Waals surface area contributed by atoms with E-state index in [4.69, 9.17) is 24.1 Å². The Hall–Kier alpha value is -15.9. The highest BCUT2D eigenvalue weighted by Crippen LogP contribution is 2.38. The number of aromatic amines is 3. The molecule has 1 unspecified atom stereocenters. The van der Waals surface area contributed by atoms with Gasteiger partial charge in [-0.2, -0.15) is 0 Å². The Labute approximate surface area is 701 Å². The number of aromatic nitrogens is 9. The normalized spacial score (nSPS) is 10.9. The molecule has 0 saturated carbocycles. The maximum Gasteiger partial charge on any atom is 0.201 e. The molecule has 0 radical (unpaired) electrons. The van der Waals surface area contributed by atoms with Gasteiger partial charge in [-0.1, -0.05) is 140 Å². The Morgan fingerprint density at radius 3 is 1.29 bits per heavy atom. The smallest absolute Gasteiger partial charge is 0.201 e. The van der Waals surface area contributed by atoms with Gasteiger partial charge in [0.2, 0.25) is 5.78 Å². The van der Waals surface area contributed by atoms with Crippen LogP contribution in [0.15, 0.2) is 329 Å². The molecule has 620 valence electrons. The predicted molar refractivity (Wildman–Crippen MR) is 447 cm³/mol. The fourth-order valence-electron chi connectivity index (χ4n) is 12.3. The van der Waals surface area contributed by atoms with Gasteiger partial charge in [0.1, 0.15) is 78.6 Å². The number of phenols is 1. The van der Waals surface area contributed by atoms with Gasteiger partial charge in [-0.25, -0.2) is 58.9 Å². The van der Waals surface area contributed by atoms with E-state index in [2.05, 4.69) is 50.9 Å². The van der Waals surface area contributed by atoms with Gasteiger partial charge in [-0.05, 0) is 125 Å². The van der Waals surface area contributed by atoms with Gasteiger partial charge in [0.15, 0.2) is 64.1 Å². The molecule has 5 N–H and O–H groups in total. The number of rotatable bonds is 20. The van der Waals surface area contributed by atoms with Gasteiger partial charge in [0, 0.05) is 147 Å². The number of aliphatic hydroxyl groups excluding tert-OH is 1. The van der Waals surface area contributed by atoms with E-state index in [1.165, 1.54) is 42.7 Å². The molecule has 0 bridgehead atoms. The van der Waals surface area contributed by atoms with Gasteiger partial charge in [0.05, 0.1) is 16.7 Å². The number of nitrogens with one attached hydrogen (secondary N) is 3. The maximum absolute atomic E-state index is 15.3. The van der Waals surface area contributed by atoms with Crippen LogP contribution in [0.1, 0.15) is 65.8 Å². The van der Waals surface area contributed by atoms with E-state index >= 15 is 8.78 Å². The second kappa shape index (κ2) is 41.7. The third-order valence-electron chi connectivity index (χ3n) is 18.6. The summed E-state index contributed by atoms with van der Waals surface area (Å²) in [4.78, 5) is 58.0. The molecular weight excluding hydrogens is 1610 g/mol. The molecule has 27 heteroatoms. The van der Waals surface area contributed by atoms with Crippen molar-refractivity contribution >= 4 is 45.2 Å². The molecule has 0 spiro atoms. The lowest BCUT2D eigenvalue weighted by molar-refractivity contribution is 0.103. The zero-order chi connectivity index (χ0) is 86.9. The van der Waals surface area contributed by atoms with Crippen molar-refractivity contribution in [3.8, 4) is 62.1 Å². The zero-order valence-corrected chi connectivity index (χ0v) is 65.0. The van der Waals surface area contributed by atoms with Gasteiger partial charge in [0.25, 0.3) is 0 Å². The average Bonchev–Trinajstić information content (AvgIpc) is 1.68. The number of halogens is 10. The van der Waals surface area contributed by atoms with Gasteiger partial charge < -0.3 is 44.1 Å². The number of hydrogen-bond donors (Lipinski definition) is 5. The molecule has 18 aromatic rings. The van der Waals surface area contributed by atoms with Crippen LogP contribution in [0.25, 0.3) is 66.5 Å². The van der Waals surface area contributed by atoms with Crippen molar-refractivity contribution in [2.75, 3.05) is 0 Å². The number of phenolic OH excluding ortho intramolecular Hbond substituents is 1. The lowest BCUT2D eigenvalue weighted by atomic mass is 9.99. The summed E-state index contributed by atoms with van der Waals surface area (Å²) in [6.45, 7) is 0.623. The number of H-pyrrole nitrogens is 3.